The Labute approximate surface area is 83.6 Å². The zero-order chi connectivity index (χ0) is 9.71. The maximum absolute atomic E-state index is 4.68. The lowest BCUT2D eigenvalue weighted by atomic mass is 10.1. The van der Waals surface area contributed by atoms with Crippen LogP contribution >= 0.6 is 0 Å². The van der Waals surface area contributed by atoms with Crippen molar-refractivity contribution in [3.05, 3.63) is 35.3 Å². The van der Waals surface area contributed by atoms with Gasteiger partial charge < -0.3 is 4.40 Å². The normalized spacial score (nSPS) is 20.3. The molecule has 72 valence electrons. The van der Waals surface area contributed by atoms with Crippen LogP contribution in [0.3, 0.4) is 0 Å². The van der Waals surface area contributed by atoms with E-state index in [0.29, 0.717) is 5.92 Å². The van der Waals surface area contributed by atoms with E-state index in [-0.39, 0.29) is 0 Å². The van der Waals surface area contributed by atoms with Gasteiger partial charge in [-0.05, 0) is 31.4 Å². The smallest absolute Gasteiger partial charge is 0.137 e. The van der Waals surface area contributed by atoms with Gasteiger partial charge in [-0.25, -0.2) is 4.98 Å². The fourth-order valence-electron chi connectivity index (χ4n) is 2.35. The van der Waals surface area contributed by atoms with E-state index in [1.165, 1.54) is 29.8 Å². The van der Waals surface area contributed by atoms with E-state index in [4.69, 9.17) is 0 Å². The summed E-state index contributed by atoms with van der Waals surface area (Å²) in [7, 11) is 0. The van der Waals surface area contributed by atoms with Crippen molar-refractivity contribution < 1.29 is 0 Å². The zero-order valence-electron chi connectivity index (χ0n) is 8.62. The zero-order valence-corrected chi connectivity index (χ0v) is 8.62. The van der Waals surface area contributed by atoms with Crippen molar-refractivity contribution >= 4 is 5.65 Å². The molecule has 0 aromatic carbocycles. The number of rotatable bonds is 0. The van der Waals surface area contributed by atoms with Crippen molar-refractivity contribution in [2.75, 3.05) is 0 Å². The van der Waals surface area contributed by atoms with E-state index in [2.05, 4.69) is 41.6 Å². The molecular weight excluding hydrogens is 172 g/mol. The van der Waals surface area contributed by atoms with Crippen LogP contribution in [0.1, 0.15) is 36.2 Å². The number of aromatic nitrogens is 2. The number of nitrogens with zero attached hydrogens (tertiary/aromatic N) is 2. The molecule has 0 spiro atoms. The number of fused-ring (bicyclic) bond motifs is 3. The summed E-state index contributed by atoms with van der Waals surface area (Å²) in [5.41, 5.74) is 5.15. The average molecular weight is 186 g/mol. The summed E-state index contributed by atoms with van der Waals surface area (Å²) in [5, 5.41) is 0. The van der Waals surface area contributed by atoms with Gasteiger partial charge in [-0.1, -0.05) is 13.0 Å². The van der Waals surface area contributed by atoms with Crippen LogP contribution in [0.25, 0.3) is 5.65 Å². The van der Waals surface area contributed by atoms with Crippen LogP contribution in [0.15, 0.2) is 18.3 Å². The van der Waals surface area contributed by atoms with Gasteiger partial charge in [0.1, 0.15) is 5.65 Å². The molecule has 1 unspecified atom stereocenters. The molecule has 2 aromatic rings. The van der Waals surface area contributed by atoms with Crippen molar-refractivity contribution in [3.8, 4) is 0 Å². The number of aryl methyl sites for hydroxylation is 2. The van der Waals surface area contributed by atoms with Crippen LogP contribution in [0.5, 0.6) is 0 Å². The number of pyridine rings is 1. The maximum atomic E-state index is 4.68. The molecule has 2 heteroatoms. The lowest BCUT2D eigenvalue weighted by Crippen LogP contribution is -1.90. The number of hydrogen-bond donors (Lipinski definition) is 0. The summed E-state index contributed by atoms with van der Waals surface area (Å²) < 4.78 is 2.26. The summed E-state index contributed by atoms with van der Waals surface area (Å²) >= 11 is 0. The van der Waals surface area contributed by atoms with Gasteiger partial charge in [0.25, 0.3) is 0 Å². The highest BCUT2D eigenvalue weighted by molar-refractivity contribution is 5.46. The first-order chi connectivity index (χ1) is 6.75. The molecule has 1 atom stereocenters. The molecule has 0 bridgehead atoms. The van der Waals surface area contributed by atoms with Crippen molar-refractivity contribution in [1.82, 2.24) is 9.38 Å². The standard InChI is InChI=1S/C12H14N2/c1-8-3-6-11-13-12-9(2)4-5-10(12)14(11)7-8/h3,6-7,9H,4-5H2,1-2H3. The maximum Gasteiger partial charge on any atom is 0.137 e. The second-order valence-corrected chi connectivity index (χ2v) is 4.32. The molecule has 2 aromatic heterocycles. The summed E-state index contributed by atoms with van der Waals surface area (Å²) in [6, 6.07) is 4.24. The van der Waals surface area contributed by atoms with E-state index in [0.717, 1.165) is 5.65 Å². The Morgan fingerprint density at radius 2 is 2.29 bits per heavy atom. The first kappa shape index (κ1) is 8.04. The van der Waals surface area contributed by atoms with Gasteiger partial charge in [0.05, 0.1) is 5.69 Å². The van der Waals surface area contributed by atoms with E-state index in [1.54, 1.807) is 0 Å². The fourth-order valence-corrected chi connectivity index (χ4v) is 2.35. The predicted molar refractivity (Wildman–Crippen MR) is 56.7 cm³/mol. The van der Waals surface area contributed by atoms with Gasteiger partial charge in [0, 0.05) is 17.8 Å². The van der Waals surface area contributed by atoms with E-state index >= 15 is 0 Å². The molecule has 1 aliphatic carbocycles. The third-order valence-electron chi connectivity index (χ3n) is 3.18. The molecule has 0 radical (unpaired) electrons. The summed E-state index contributed by atoms with van der Waals surface area (Å²) in [6.07, 6.45) is 4.63. The molecule has 14 heavy (non-hydrogen) atoms. The fraction of sp³-hybridized carbons (Fsp3) is 0.417. The average Bonchev–Trinajstić information content (AvgIpc) is 2.67. The first-order valence-electron chi connectivity index (χ1n) is 5.23. The minimum absolute atomic E-state index is 0.644. The summed E-state index contributed by atoms with van der Waals surface area (Å²) in [6.45, 7) is 4.40. The lowest BCUT2D eigenvalue weighted by molar-refractivity contribution is 0.726. The molecule has 2 heterocycles. The Balaban J connectivity index is 2.36. The van der Waals surface area contributed by atoms with Crippen LogP contribution < -0.4 is 0 Å². The van der Waals surface area contributed by atoms with Gasteiger partial charge in [-0.3, -0.25) is 0 Å². The quantitative estimate of drug-likeness (QED) is 0.618. The Kier molecular flexibility index (Phi) is 1.49. The Bertz CT molecular complexity index is 496. The van der Waals surface area contributed by atoms with Gasteiger partial charge in [0.15, 0.2) is 0 Å². The molecule has 0 saturated carbocycles. The van der Waals surface area contributed by atoms with Crippen LogP contribution in [0.4, 0.5) is 0 Å². The van der Waals surface area contributed by atoms with Crippen molar-refractivity contribution in [1.29, 1.82) is 0 Å². The number of hydrogen-bond acceptors (Lipinski definition) is 1. The van der Waals surface area contributed by atoms with Crippen LogP contribution in [-0.2, 0) is 6.42 Å². The molecule has 0 aliphatic heterocycles. The molecule has 3 rings (SSSR count). The molecule has 2 nitrogen and oxygen atoms in total. The van der Waals surface area contributed by atoms with E-state index in [1.807, 2.05) is 0 Å². The minimum atomic E-state index is 0.644. The molecule has 0 saturated heterocycles. The van der Waals surface area contributed by atoms with Crippen molar-refractivity contribution in [2.45, 2.75) is 32.6 Å². The molecular formula is C12H14N2. The highest BCUT2D eigenvalue weighted by Crippen LogP contribution is 2.32. The van der Waals surface area contributed by atoms with Crippen LogP contribution in [0.2, 0.25) is 0 Å². The molecule has 1 aliphatic rings. The predicted octanol–water partition coefficient (Wildman–Crippen LogP) is 2.69. The topological polar surface area (TPSA) is 17.3 Å². The van der Waals surface area contributed by atoms with Gasteiger partial charge in [-0.15, -0.1) is 0 Å². The van der Waals surface area contributed by atoms with E-state index < -0.39 is 0 Å². The highest BCUT2D eigenvalue weighted by atomic mass is 15.0. The molecule has 0 amide bonds. The van der Waals surface area contributed by atoms with Crippen molar-refractivity contribution in [3.63, 3.8) is 0 Å². The molecule has 0 fully saturated rings. The van der Waals surface area contributed by atoms with Crippen LogP contribution in [-0.4, -0.2) is 9.38 Å². The van der Waals surface area contributed by atoms with Crippen molar-refractivity contribution in [2.24, 2.45) is 0 Å². The lowest BCUT2D eigenvalue weighted by Gasteiger charge is -1.99. The van der Waals surface area contributed by atoms with Gasteiger partial charge in [-0.2, -0.15) is 0 Å². The number of imidazole rings is 1. The first-order valence-corrected chi connectivity index (χ1v) is 5.23. The highest BCUT2D eigenvalue weighted by Gasteiger charge is 2.23. The monoisotopic (exact) mass is 186 g/mol. The third-order valence-corrected chi connectivity index (χ3v) is 3.18. The summed E-state index contributed by atoms with van der Waals surface area (Å²) in [4.78, 5) is 4.68. The largest absolute Gasteiger partial charge is 0.304 e. The molecule has 0 N–H and O–H groups in total. The van der Waals surface area contributed by atoms with Gasteiger partial charge >= 0.3 is 0 Å². The third kappa shape index (κ3) is 0.939. The van der Waals surface area contributed by atoms with Gasteiger partial charge in [0.2, 0.25) is 0 Å². The minimum Gasteiger partial charge on any atom is -0.304 e. The SMILES string of the molecule is Cc1ccc2nc3c(n2c1)CCC3C. The Morgan fingerprint density at radius 3 is 3.14 bits per heavy atom. The van der Waals surface area contributed by atoms with E-state index in [9.17, 15) is 0 Å². The summed E-state index contributed by atoms with van der Waals surface area (Å²) in [5.74, 6) is 0.644. The Hall–Kier alpha value is -1.31. The second-order valence-electron chi connectivity index (χ2n) is 4.32. The second kappa shape index (κ2) is 2.59. The Morgan fingerprint density at radius 1 is 1.43 bits per heavy atom. The van der Waals surface area contributed by atoms with Crippen LogP contribution in [0, 0.1) is 6.92 Å².